The van der Waals surface area contributed by atoms with Gasteiger partial charge in [0.15, 0.2) is 0 Å². The van der Waals surface area contributed by atoms with E-state index in [0.717, 1.165) is 36.3 Å². The Morgan fingerprint density at radius 3 is 2.72 bits per heavy atom. The van der Waals surface area contributed by atoms with E-state index in [1.54, 1.807) is 12.1 Å². The van der Waals surface area contributed by atoms with Crippen molar-refractivity contribution in [1.82, 2.24) is 14.8 Å². The zero-order valence-corrected chi connectivity index (χ0v) is 14.9. The van der Waals surface area contributed by atoms with Crippen LogP contribution >= 0.6 is 0 Å². The van der Waals surface area contributed by atoms with Crippen LogP contribution in [-0.2, 0) is 6.54 Å². The summed E-state index contributed by atoms with van der Waals surface area (Å²) in [6.45, 7) is 5.52. The zero-order chi connectivity index (χ0) is 16.5. The Balaban J connectivity index is 0.00000182. The van der Waals surface area contributed by atoms with Crippen LogP contribution < -0.4 is 29.3 Å². The molecule has 5 rings (SSSR count). The summed E-state index contributed by atoms with van der Waals surface area (Å²) in [7, 11) is 0. The topological polar surface area (TPSA) is 60.3 Å². The molecule has 0 spiro atoms. The molecule has 5 nitrogen and oxygen atoms in total. The molecule has 3 aliphatic heterocycles. The predicted molar refractivity (Wildman–Crippen MR) is 91.8 cm³/mol. The summed E-state index contributed by atoms with van der Waals surface area (Å²) in [6, 6.07) is 7.95. The molecule has 3 fully saturated rings. The van der Waals surface area contributed by atoms with E-state index in [0.29, 0.717) is 6.04 Å². The standard InChI is InChI=1S/C19H25N3O2.Li/c23-19(24)16-4-1-3-15-7-12-22(18(15)16)9-2-8-20-17-13-21-10-5-14(17)6-11-21;/h1,3-4,7,12,14,17,20H,2,5-6,8-11,13H2,(H,23,24);/q;+1/p-1/t17-;/m0./s1. The number of carboxylic acids is 1. The van der Waals surface area contributed by atoms with Crippen LogP contribution in [0.3, 0.4) is 0 Å². The van der Waals surface area contributed by atoms with Crippen LogP contribution in [0.1, 0.15) is 29.6 Å². The Kier molecular flexibility index (Phi) is 5.91. The normalized spacial score (nSPS) is 25.0. The van der Waals surface area contributed by atoms with Crippen molar-refractivity contribution < 1.29 is 28.8 Å². The number of nitrogens with one attached hydrogen (secondary N) is 1. The number of piperidine rings is 3. The smallest absolute Gasteiger partial charge is 0.545 e. The van der Waals surface area contributed by atoms with Crippen molar-refractivity contribution in [2.24, 2.45) is 5.92 Å². The first-order valence-electron chi connectivity index (χ1n) is 8.97. The number of benzene rings is 1. The Morgan fingerprint density at radius 1 is 1.24 bits per heavy atom. The summed E-state index contributed by atoms with van der Waals surface area (Å²) in [5, 5.41) is 16.0. The number of para-hydroxylation sites is 1. The number of fused-ring (bicyclic) bond motifs is 4. The third-order valence-electron chi connectivity index (χ3n) is 5.65. The molecule has 2 aromatic rings. The molecule has 4 heterocycles. The average Bonchev–Trinajstić information content (AvgIpc) is 3.03. The van der Waals surface area contributed by atoms with Gasteiger partial charge in [0.1, 0.15) is 0 Å². The summed E-state index contributed by atoms with van der Waals surface area (Å²) in [5.41, 5.74) is 1.06. The van der Waals surface area contributed by atoms with Gasteiger partial charge in [-0.2, -0.15) is 0 Å². The maximum absolute atomic E-state index is 11.3. The Bertz CT molecular complexity index is 737. The summed E-state index contributed by atoms with van der Waals surface area (Å²) in [6.07, 6.45) is 5.63. The number of carbonyl (C=O) groups is 1. The molecule has 0 unspecified atom stereocenters. The number of aryl methyl sites for hydroxylation is 1. The van der Waals surface area contributed by atoms with Crippen molar-refractivity contribution in [2.45, 2.75) is 31.8 Å². The van der Waals surface area contributed by atoms with Gasteiger partial charge >= 0.3 is 18.9 Å². The van der Waals surface area contributed by atoms with Crippen molar-refractivity contribution in [3.8, 4) is 0 Å². The molecule has 0 amide bonds. The Morgan fingerprint density at radius 2 is 2.04 bits per heavy atom. The van der Waals surface area contributed by atoms with Gasteiger partial charge in [0, 0.05) is 36.3 Å². The van der Waals surface area contributed by atoms with Crippen molar-refractivity contribution in [1.29, 1.82) is 0 Å². The third-order valence-corrected chi connectivity index (χ3v) is 5.65. The van der Waals surface area contributed by atoms with E-state index in [9.17, 15) is 9.90 Å². The van der Waals surface area contributed by atoms with E-state index < -0.39 is 5.97 Å². The molecular formula is C19H24LiN3O2. The number of rotatable bonds is 6. The number of nitrogens with zero attached hydrogens (tertiary/aromatic N) is 2. The second-order valence-electron chi connectivity index (χ2n) is 7.09. The monoisotopic (exact) mass is 333 g/mol. The molecule has 0 saturated carbocycles. The van der Waals surface area contributed by atoms with Gasteiger partial charge in [-0.05, 0) is 50.9 Å². The summed E-state index contributed by atoms with van der Waals surface area (Å²) < 4.78 is 2.04. The average molecular weight is 333 g/mol. The largest absolute Gasteiger partial charge is 1.00 e. The molecule has 0 aliphatic carbocycles. The Labute approximate surface area is 160 Å². The predicted octanol–water partition coefficient (Wildman–Crippen LogP) is -1.92. The quantitative estimate of drug-likeness (QED) is 0.495. The number of aromatic carboxylic acids is 1. The Hall–Kier alpha value is -1.25. The van der Waals surface area contributed by atoms with Gasteiger partial charge in [-0.1, -0.05) is 18.2 Å². The van der Waals surface area contributed by atoms with Gasteiger partial charge in [-0.25, -0.2) is 0 Å². The molecule has 25 heavy (non-hydrogen) atoms. The van der Waals surface area contributed by atoms with Crippen molar-refractivity contribution in [3.63, 3.8) is 0 Å². The van der Waals surface area contributed by atoms with Gasteiger partial charge in [0.25, 0.3) is 0 Å². The van der Waals surface area contributed by atoms with Gasteiger partial charge in [-0.15, -0.1) is 0 Å². The van der Waals surface area contributed by atoms with E-state index in [4.69, 9.17) is 0 Å². The van der Waals surface area contributed by atoms with E-state index in [2.05, 4.69) is 10.2 Å². The fraction of sp³-hybridized carbons (Fsp3) is 0.526. The van der Waals surface area contributed by atoms with Crippen LogP contribution in [0.4, 0.5) is 0 Å². The van der Waals surface area contributed by atoms with E-state index >= 15 is 0 Å². The number of hydrogen-bond donors (Lipinski definition) is 1. The molecule has 3 aliphatic rings. The second kappa shape index (κ2) is 7.97. The van der Waals surface area contributed by atoms with E-state index in [1.807, 2.05) is 22.9 Å². The second-order valence-corrected chi connectivity index (χ2v) is 7.09. The zero-order valence-electron chi connectivity index (χ0n) is 14.9. The minimum Gasteiger partial charge on any atom is -0.545 e. The van der Waals surface area contributed by atoms with Gasteiger partial charge < -0.3 is 24.7 Å². The number of hydrogen-bond acceptors (Lipinski definition) is 4. The van der Waals surface area contributed by atoms with Crippen LogP contribution in [0.15, 0.2) is 30.5 Å². The van der Waals surface area contributed by atoms with Crippen LogP contribution in [0, 0.1) is 5.92 Å². The van der Waals surface area contributed by atoms with Crippen molar-refractivity contribution >= 4 is 16.9 Å². The molecule has 1 N–H and O–H groups in total. The SMILES string of the molecule is O=C([O-])c1cccc2ccn(CCCN[C@H]3CN4CCC3CC4)c12.[Li+]. The molecular weight excluding hydrogens is 309 g/mol. The van der Waals surface area contributed by atoms with Crippen LogP contribution in [0.25, 0.3) is 10.9 Å². The molecule has 128 valence electrons. The number of carboxylic acid groups (broad SMARTS) is 1. The molecule has 1 aromatic heterocycles. The molecule has 0 radical (unpaired) electrons. The first-order chi connectivity index (χ1) is 11.7. The summed E-state index contributed by atoms with van der Waals surface area (Å²) in [4.78, 5) is 13.9. The minimum absolute atomic E-state index is 0. The number of carbonyl (C=O) groups excluding carboxylic acids is 1. The van der Waals surface area contributed by atoms with Crippen LogP contribution in [0.2, 0.25) is 0 Å². The first kappa shape index (κ1) is 18.5. The van der Waals surface area contributed by atoms with Crippen molar-refractivity contribution in [3.05, 3.63) is 36.0 Å². The fourth-order valence-electron chi connectivity index (χ4n) is 4.35. The van der Waals surface area contributed by atoms with Crippen LogP contribution in [0.5, 0.6) is 0 Å². The van der Waals surface area contributed by atoms with Gasteiger partial charge in [-0.3, -0.25) is 0 Å². The maximum atomic E-state index is 11.3. The first-order valence-corrected chi connectivity index (χ1v) is 8.97. The molecule has 6 heteroatoms. The maximum Gasteiger partial charge on any atom is 1.00 e. The molecule has 3 saturated heterocycles. The summed E-state index contributed by atoms with van der Waals surface area (Å²) >= 11 is 0. The number of aromatic nitrogens is 1. The fourth-order valence-corrected chi connectivity index (χ4v) is 4.35. The summed E-state index contributed by atoms with van der Waals surface area (Å²) in [5.74, 6) is -0.266. The van der Waals surface area contributed by atoms with Gasteiger partial charge in [0.2, 0.25) is 0 Å². The van der Waals surface area contributed by atoms with E-state index in [-0.39, 0.29) is 24.4 Å². The van der Waals surface area contributed by atoms with Crippen molar-refractivity contribution in [2.75, 3.05) is 26.2 Å². The van der Waals surface area contributed by atoms with Gasteiger partial charge in [0.05, 0.1) is 11.5 Å². The minimum atomic E-state index is -1.11. The molecule has 1 atom stereocenters. The van der Waals surface area contributed by atoms with Crippen LogP contribution in [-0.4, -0.2) is 47.7 Å². The molecule has 1 aromatic carbocycles. The third kappa shape index (κ3) is 3.80. The molecule has 2 bridgehead atoms. The van der Waals surface area contributed by atoms with E-state index in [1.165, 1.54) is 32.5 Å².